The molecule has 0 saturated heterocycles. The molecular formula is C20H17FN4. The van der Waals surface area contributed by atoms with Gasteiger partial charge in [-0.1, -0.05) is 23.8 Å². The summed E-state index contributed by atoms with van der Waals surface area (Å²) in [7, 11) is 0. The molecule has 2 heterocycles. The second kappa shape index (κ2) is 6.09. The van der Waals surface area contributed by atoms with E-state index in [-0.39, 0.29) is 5.82 Å². The molecule has 0 spiro atoms. The molecule has 0 saturated carbocycles. The van der Waals surface area contributed by atoms with E-state index in [1.165, 1.54) is 6.07 Å². The second-order valence-electron chi connectivity index (χ2n) is 6.22. The van der Waals surface area contributed by atoms with Gasteiger partial charge in [0.15, 0.2) is 5.82 Å². The monoisotopic (exact) mass is 332 g/mol. The van der Waals surface area contributed by atoms with Gasteiger partial charge in [-0.3, -0.25) is 4.99 Å². The van der Waals surface area contributed by atoms with Crippen LogP contribution in [0.5, 0.6) is 0 Å². The summed E-state index contributed by atoms with van der Waals surface area (Å²) in [5, 5.41) is 3.11. The highest BCUT2D eigenvalue weighted by molar-refractivity contribution is 5.86. The van der Waals surface area contributed by atoms with Crippen LogP contribution in [0.2, 0.25) is 0 Å². The quantitative estimate of drug-likeness (QED) is 0.764. The summed E-state index contributed by atoms with van der Waals surface area (Å²) < 4.78 is 14.4. The van der Waals surface area contributed by atoms with Crippen LogP contribution in [0.25, 0.3) is 11.4 Å². The fraction of sp³-hybridized carbons (Fsp3) is 0.150. The molecule has 1 aromatic heterocycles. The number of nitrogens with zero attached hydrogens (tertiary/aromatic N) is 3. The fourth-order valence-corrected chi connectivity index (χ4v) is 2.85. The maximum absolute atomic E-state index is 14.4. The van der Waals surface area contributed by atoms with E-state index in [1.807, 2.05) is 38.1 Å². The van der Waals surface area contributed by atoms with Crippen LogP contribution >= 0.6 is 0 Å². The van der Waals surface area contributed by atoms with Crippen LogP contribution in [-0.4, -0.2) is 16.2 Å². The minimum absolute atomic E-state index is 0.306. The van der Waals surface area contributed by atoms with E-state index < -0.39 is 0 Å². The molecule has 4 nitrogen and oxygen atoms in total. The van der Waals surface area contributed by atoms with Crippen molar-refractivity contribution in [3.8, 4) is 11.4 Å². The van der Waals surface area contributed by atoms with Crippen molar-refractivity contribution < 1.29 is 4.39 Å². The zero-order chi connectivity index (χ0) is 17.4. The number of aliphatic imine (C=N–C) groups is 1. The summed E-state index contributed by atoms with van der Waals surface area (Å²) in [6, 6.07) is 11.3. The lowest BCUT2D eigenvalue weighted by atomic mass is 10.1. The van der Waals surface area contributed by atoms with Crippen LogP contribution in [0.3, 0.4) is 0 Å². The van der Waals surface area contributed by atoms with E-state index in [9.17, 15) is 4.39 Å². The van der Waals surface area contributed by atoms with Crippen molar-refractivity contribution in [1.29, 1.82) is 0 Å². The van der Waals surface area contributed by atoms with E-state index in [2.05, 4.69) is 20.3 Å². The predicted octanol–water partition coefficient (Wildman–Crippen LogP) is 4.58. The summed E-state index contributed by atoms with van der Waals surface area (Å²) in [4.78, 5) is 13.2. The summed E-state index contributed by atoms with van der Waals surface area (Å²) in [5.41, 5.74) is 5.16. The molecule has 1 N–H and O–H groups in total. The number of benzene rings is 2. The number of nitrogens with one attached hydrogen (secondary N) is 1. The van der Waals surface area contributed by atoms with Gasteiger partial charge in [-0.25, -0.2) is 14.4 Å². The van der Waals surface area contributed by atoms with Crippen LogP contribution in [0.15, 0.2) is 47.6 Å². The van der Waals surface area contributed by atoms with Crippen molar-refractivity contribution in [3.63, 3.8) is 0 Å². The van der Waals surface area contributed by atoms with E-state index in [0.29, 0.717) is 23.9 Å². The molecule has 4 rings (SSSR count). The Morgan fingerprint density at radius 3 is 2.84 bits per heavy atom. The summed E-state index contributed by atoms with van der Waals surface area (Å²) in [6.45, 7) is 4.46. The topological polar surface area (TPSA) is 50.2 Å². The van der Waals surface area contributed by atoms with Crippen molar-refractivity contribution in [1.82, 2.24) is 9.97 Å². The van der Waals surface area contributed by atoms with Crippen molar-refractivity contribution in [2.24, 2.45) is 4.99 Å². The summed E-state index contributed by atoms with van der Waals surface area (Å²) in [6.07, 6.45) is 3.52. The zero-order valence-electron chi connectivity index (χ0n) is 14.0. The maximum Gasteiger partial charge on any atom is 0.161 e. The van der Waals surface area contributed by atoms with Crippen molar-refractivity contribution >= 4 is 17.7 Å². The number of rotatable bonds is 3. The molecule has 2 aromatic carbocycles. The van der Waals surface area contributed by atoms with Gasteiger partial charge in [0.2, 0.25) is 0 Å². The number of hydrogen-bond acceptors (Lipinski definition) is 4. The number of anilines is 2. The van der Waals surface area contributed by atoms with Gasteiger partial charge >= 0.3 is 0 Å². The Bertz CT molecular complexity index is 995. The van der Waals surface area contributed by atoms with Crippen LogP contribution < -0.4 is 5.32 Å². The zero-order valence-corrected chi connectivity index (χ0v) is 14.0. The highest BCUT2D eigenvalue weighted by Gasteiger charge is 2.14. The molecule has 0 atom stereocenters. The van der Waals surface area contributed by atoms with Crippen LogP contribution in [0.1, 0.15) is 22.3 Å². The smallest absolute Gasteiger partial charge is 0.161 e. The van der Waals surface area contributed by atoms with Crippen LogP contribution in [0.4, 0.5) is 15.9 Å². The summed E-state index contributed by atoms with van der Waals surface area (Å²) in [5.74, 6) is 0.902. The molecule has 1 aliphatic rings. The Morgan fingerprint density at radius 1 is 1.12 bits per heavy atom. The van der Waals surface area contributed by atoms with Crippen molar-refractivity contribution in [3.05, 3.63) is 70.7 Å². The molecule has 25 heavy (non-hydrogen) atoms. The van der Waals surface area contributed by atoms with E-state index in [1.54, 1.807) is 18.5 Å². The average molecular weight is 332 g/mol. The number of fused-ring (bicyclic) bond motifs is 1. The van der Waals surface area contributed by atoms with E-state index >= 15 is 0 Å². The standard InChI is InChI=1S/C20H17FN4/c1-12-4-3-5-14(6-12)20-23-9-13(2)19(25-20)24-18-8-16-11-22-10-15(16)7-17(18)21/h3-9,11H,10H2,1-2H3,(H,23,24,25). The molecule has 0 bridgehead atoms. The van der Waals surface area contributed by atoms with Gasteiger partial charge in [0, 0.05) is 23.5 Å². The Balaban J connectivity index is 1.71. The Kier molecular flexibility index (Phi) is 3.76. The first-order chi connectivity index (χ1) is 12.1. The third-order valence-electron chi connectivity index (χ3n) is 4.22. The van der Waals surface area contributed by atoms with Gasteiger partial charge in [0.05, 0.1) is 12.2 Å². The lowest BCUT2D eigenvalue weighted by Crippen LogP contribution is -2.03. The maximum atomic E-state index is 14.4. The fourth-order valence-electron chi connectivity index (χ4n) is 2.85. The first kappa shape index (κ1) is 15.4. The van der Waals surface area contributed by atoms with Crippen LogP contribution in [0, 0.1) is 19.7 Å². The number of aryl methyl sites for hydroxylation is 2. The van der Waals surface area contributed by atoms with E-state index in [4.69, 9.17) is 0 Å². The van der Waals surface area contributed by atoms with Crippen molar-refractivity contribution in [2.75, 3.05) is 5.32 Å². The van der Waals surface area contributed by atoms with Gasteiger partial charge < -0.3 is 5.32 Å². The lowest BCUT2D eigenvalue weighted by Gasteiger charge is -2.12. The molecule has 0 amide bonds. The average Bonchev–Trinajstić information content (AvgIpc) is 3.04. The molecular weight excluding hydrogens is 315 g/mol. The lowest BCUT2D eigenvalue weighted by molar-refractivity contribution is 0.629. The number of halogens is 1. The Hall–Kier alpha value is -3.08. The number of hydrogen-bond donors (Lipinski definition) is 1. The Labute approximate surface area is 145 Å². The van der Waals surface area contributed by atoms with Gasteiger partial charge in [0.25, 0.3) is 0 Å². The van der Waals surface area contributed by atoms with Gasteiger partial charge in [0.1, 0.15) is 11.6 Å². The molecule has 124 valence electrons. The first-order valence-electron chi connectivity index (χ1n) is 8.10. The highest BCUT2D eigenvalue weighted by atomic mass is 19.1. The van der Waals surface area contributed by atoms with Crippen LogP contribution in [-0.2, 0) is 6.54 Å². The third kappa shape index (κ3) is 3.01. The minimum atomic E-state index is -0.306. The second-order valence-corrected chi connectivity index (χ2v) is 6.22. The molecule has 0 fully saturated rings. The molecule has 5 heteroatoms. The molecule has 1 aliphatic heterocycles. The molecule has 0 unspecified atom stereocenters. The predicted molar refractivity (Wildman–Crippen MR) is 97.9 cm³/mol. The third-order valence-corrected chi connectivity index (χ3v) is 4.22. The van der Waals surface area contributed by atoms with Crippen molar-refractivity contribution in [2.45, 2.75) is 20.4 Å². The van der Waals surface area contributed by atoms with Gasteiger partial charge in [-0.15, -0.1) is 0 Å². The first-order valence-corrected chi connectivity index (χ1v) is 8.10. The van der Waals surface area contributed by atoms with E-state index in [0.717, 1.165) is 27.8 Å². The largest absolute Gasteiger partial charge is 0.337 e. The minimum Gasteiger partial charge on any atom is -0.337 e. The molecule has 0 aliphatic carbocycles. The molecule has 0 radical (unpaired) electrons. The molecule has 3 aromatic rings. The SMILES string of the molecule is Cc1cccc(-c2ncc(C)c(Nc3cc4c(cc3F)CN=C4)n2)c1. The summed E-state index contributed by atoms with van der Waals surface area (Å²) >= 11 is 0. The Morgan fingerprint density at radius 2 is 2.00 bits per heavy atom. The van der Waals surface area contributed by atoms with Gasteiger partial charge in [-0.2, -0.15) is 0 Å². The normalized spacial score (nSPS) is 12.3. The highest BCUT2D eigenvalue weighted by Crippen LogP contribution is 2.27. The number of aromatic nitrogens is 2. The van der Waals surface area contributed by atoms with Gasteiger partial charge in [-0.05, 0) is 43.2 Å².